The summed E-state index contributed by atoms with van der Waals surface area (Å²) in [5, 5.41) is 22.0. The topological polar surface area (TPSA) is 182 Å². The van der Waals surface area contributed by atoms with Crippen LogP contribution >= 0.6 is 46.4 Å². The van der Waals surface area contributed by atoms with Gasteiger partial charge in [0.2, 0.25) is 17.8 Å². The average Bonchev–Trinajstić information content (AvgIpc) is 3.89. The lowest BCUT2D eigenvalue weighted by Crippen LogP contribution is -2.29. The van der Waals surface area contributed by atoms with Crippen molar-refractivity contribution in [1.29, 1.82) is 0 Å². The van der Waals surface area contributed by atoms with E-state index in [4.69, 9.17) is 70.3 Å². The van der Waals surface area contributed by atoms with Crippen molar-refractivity contribution in [2.24, 2.45) is 23.7 Å². The molecule has 15 nitrogen and oxygen atoms in total. The van der Waals surface area contributed by atoms with Crippen molar-refractivity contribution in [2.45, 2.75) is 51.6 Å². The van der Waals surface area contributed by atoms with E-state index in [0.717, 1.165) is 45.8 Å². The van der Waals surface area contributed by atoms with Gasteiger partial charge in [-0.1, -0.05) is 72.4 Å². The molecule has 6 atom stereocenters. The van der Waals surface area contributed by atoms with Crippen LogP contribution in [0.4, 0.5) is 11.9 Å². The Morgan fingerprint density at radius 1 is 0.609 bits per heavy atom. The Morgan fingerprint density at radius 2 is 0.971 bits per heavy atom. The maximum atomic E-state index is 12.4. The van der Waals surface area contributed by atoms with E-state index in [2.05, 4.69) is 37.8 Å². The Bertz CT molecular complexity index is 2760. The molecule has 8 rings (SSSR count). The predicted molar refractivity (Wildman–Crippen MR) is 276 cm³/mol. The van der Waals surface area contributed by atoms with E-state index in [1.54, 1.807) is 57.7 Å². The van der Waals surface area contributed by atoms with Crippen molar-refractivity contribution >= 4 is 92.0 Å². The van der Waals surface area contributed by atoms with E-state index in [1.807, 2.05) is 57.4 Å². The second-order valence-electron chi connectivity index (χ2n) is 17.4. The van der Waals surface area contributed by atoms with Crippen molar-refractivity contribution in [2.75, 3.05) is 67.3 Å². The number of aromatic nitrogens is 4. The van der Waals surface area contributed by atoms with Crippen LogP contribution in [0.25, 0.3) is 44.1 Å². The molecule has 2 aromatic heterocycles. The summed E-state index contributed by atoms with van der Waals surface area (Å²) in [7, 11) is 13.5. The molecule has 6 aromatic rings. The number of amides is 1. The quantitative estimate of drug-likeness (QED) is 0.0908. The van der Waals surface area contributed by atoms with Crippen LogP contribution in [-0.4, -0.2) is 111 Å². The number of nitrogens with zero attached hydrogens (tertiary/aromatic N) is 5. The fourth-order valence-electron chi connectivity index (χ4n) is 8.79. The van der Waals surface area contributed by atoms with Crippen LogP contribution in [-0.2, 0) is 9.59 Å². The number of carboxylic acid groups (broad SMARTS) is 1. The van der Waals surface area contributed by atoms with Crippen LogP contribution < -0.4 is 34.9 Å². The van der Waals surface area contributed by atoms with E-state index < -0.39 is 5.97 Å². The Kier molecular flexibility index (Phi) is 17.9. The SMILES string of the molecule is CNC.COc1cc(OC)c(Cl)c(-c2ccc3nc(NC4CC(C(=O)O)CC4C)ncc3c2)c1Cl.COc1cc(OC)c(Cl)c(-c2ccc3nc(NC4C[C@H](C(=O)N(C)C)CC4C)ncc3c2)c1Cl. The van der Waals surface area contributed by atoms with Gasteiger partial charge in [-0.05, 0) is 87.0 Å². The zero-order chi connectivity index (χ0) is 50.3. The van der Waals surface area contributed by atoms with E-state index in [9.17, 15) is 14.7 Å². The highest BCUT2D eigenvalue weighted by Gasteiger charge is 2.37. The third kappa shape index (κ3) is 11.9. The van der Waals surface area contributed by atoms with Gasteiger partial charge < -0.3 is 44.9 Å². The standard InChI is InChI=1S/C25H28Cl2N4O3.C23H23Cl2N3O4.C2H7N/c1-13-8-15(24(32)31(2)3)10-18(13)30-25-28-12-16-9-14(6-7-17(16)29-25)21-22(26)19(33-4)11-20(34-5)23(21)27;1-11-6-13(22(29)30)8-16(11)28-23-26-10-14-7-12(4-5-15(14)27-23)19-20(24)17(31-2)9-18(32-3)21(19)25;1-3-2/h6-7,9,11-13,15,18H,8,10H2,1-5H3,(H,28,29,30);4-5,7,9-11,13,16H,6,8H2,1-3H3,(H,29,30)(H,26,27,28);3H,1-2H3/t13?,15-,18?;;/m1../s1. The number of rotatable bonds is 12. The third-order valence-electron chi connectivity index (χ3n) is 12.4. The van der Waals surface area contributed by atoms with Crippen molar-refractivity contribution in [3.63, 3.8) is 0 Å². The van der Waals surface area contributed by atoms with Crippen molar-refractivity contribution in [1.82, 2.24) is 30.2 Å². The van der Waals surface area contributed by atoms with Gasteiger partial charge in [-0.25, -0.2) is 19.9 Å². The molecule has 4 N–H and O–H groups in total. The number of carbonyl (C=O) groups excluding carboxylic acids is 1. The van der Waals surface area contributed by atoms with Crippen LogP contribution in [0.15, 0.2) is 60.9 Å². The number of nitrogens with one attached hydrogen (secondary N) is 3. The zero-order valence-corrected chi connectivity index (χ0v) is 43.2. The summed E-state index contributed by atoms with van der Waals surface area (Å²) < 4.78 is 21.5. The fourth-order valence-corrected chi connectivity index (χ4v) is 10.2. The zero-order valence-electron chi connectivity index (χ0n) is 40.2. The number of carbonyl (C=O) groups is 2. The number of halogens is 4. The fraction of sp³-hybridized carbons (Fsp3) is 0.400. The number of ether oxygens (including phenoxy) is 4. The molecular formula is C50H58Cl4N8O7. The molecule has 69 heavy (non-hydrogen) atoms. The van der Waals surface area contributed by atoms with Crippen molar-refractivity contribution in [3.8, 4) is 45.3 Å². The highest BCUT2D eigenvalue weighted by molar-refractivity contribution is 6.42. The first-order valence-electron chi connectivity index (χ1n) is 22.3. The maximum Gasteiger partial charge on any atom is 0.306 e. The minimum Gasteiger partial charge on any atom is -0.495 e. The molecule has 0 radical (unpaired) electrons. The molecule has 2 aliphatic rings. The molecule has 1 amide bonds. The summed E-state index contributed by atoms with van der Waals surface area (Å²) in [4.78, 5) is 43.6. The number of aliphatic carboxylic acids is 1. The van der Waals surface area contributed by atoms with E-state index in [0.29, 0.717) is 84.9 Å². The Hall–Kier alpha value is -5.58. The van der Waals surface area contributed by atoms with Crippen molar-refractivity contribution < 1.29 is 33.6 Å². The molecule has 2 heterocycles. The number of anilines is 2. The second kappa shape index (κ2) is 23.4. The van der Waals surface area contributed by atoms with Gasteiger partial charge in [0.25, 0.3) is 0 Å². The summed E-state index contributed by atoms with van der Waals surface area (Å²) in [6.07, 6.45) is 6.34. The van der Waals surface area contributed by atoms with Gasteiger partial charge in [0.1, 0.15) is 23.0 Å². The van der Waals surface area contributed by atoms with E-state index in [-0.39, 0.29) is 35.7 Å². The molecule has 2 aliphatic carbocycles. The molecule has 19 heteroatoms. The first-order chi connectivity index (χ1) is 33.0. The Balaban J connectivity index is 0.000000215. The molecule has 2 fully saturated rings. The van der Waals surface area contributed by atoms with Gasteiger partial charge >= 0.3 is 5.97 Å². The normalized spacial score (nSPS) is 19.4. The van der Waals surface area contributed by atoms with Crippen LogP contribution in [0.3, 0.4) is 0 Å². The predicted octanol–water partition coefficient (Wildman–Crippen LogP) is 10.9. The maximum absolute atomic E-state index is 12.4. The Labute approximate surface area is 422 Å². The van der Waals surface area contributed by atoms with Crippen LogP contribution in [0.2, 0.25) is 20.1 Å². The van der Waals surface area contributed by atoms with E-state index >= 15 is 0 Å². The highest BCUT2D eigenvalue weighted by Crippen LogP contribution is 2.48. The summed E-state index contributed by atoms with van der Waals surface area (Å²) in [6.45, 7) is 4.20. The average molecular weight is 1020 g/mol. The Morgan fingerprint density at radius 3 is 1.30 bits per heavy atom. The van der Waals surface area contributed by atoms with Crippen molar-refractivity contribution in [3.05, 3.63) is 81.0 Å². The molecule has 0 aliphatic heterocycles. The molecule has 0 spiro atoms. The van der Waals surface area contributed by atoms with Crippen LogP contribution in [0, 0.1) is 23.7 Å². The summed E-state index contributed by atoms with van der Waals surface area (Å²) in [5.74, 6) is 2.60. The molecule has 4 aromatic carbocycles. The number of hydrogen-bond donors (Lipinski definition) is 4. The van der Waals surface area contributed by atoms with Gasteiger partial charge in [0, 0.05) is 78.5 Å². The van der Waals surface area contributed by atoms with Gasteiger partial charge in [-0.15, -0.1) is 0 Å². The molecule has 2 saturated carbocycles. The first-order valence-corrected chi connectivity index (χ1v) is 23.8. The minimum atomic E-state index is -0.750. The first kappa shape index (κ1) is 52.8. The second-order valence-corrected chi connectivity index (χ2v) is 18.9. The summed E-state index contributed by atoms with van der Waals surface area (Å²) in [5.41, 5.74) is 4.35. The number of hydrogen-bond acceptors (Lipinski definition) is 13. The number of fused-ring (bicyclic) bond motifs is 2. The lowest BCUT2D eigenvalue weighted by molar-refractivity contribution is -0.141. The summed E-state index contributed by atoms with van der Waals surface area (Å²) in [6, 6.07) is 14.9. The molecule has 368 valence electrons. The highest BCUT2D eigenvalue weighted by atomic mass is 35.5. The number of benzene rings is 4. The van der Waals surface area contributed by atoms with Gasteiger partial charge in [0.05, 0.1) is 65.5 Å². The third-order valence-corrected chi connectivity index (χ3v) is 13.9. The number of methoxy groups -OCH3 is 4. The monoisotopic (exact) mass is 1020 g/mol. The van der Waals surface area contributed by atoms with Gasteiger partial charge in [-0.2, -0.15) is 0 Å². The van der Waals surface area contributed by atoms with E-state index in [1.165, 1.54) is 14.2 Å². The smallest absolute Gasteiger partial charge is 0.306 e. The molecule has 5 unspecified atom stereocenters. The lowest BCUT2D eigenvalue weighted by Gasteiger charge is -2.18. The van der Waals surface area contributed by atoms with Crippen LogP contribution in [0.5, 0.6) is 23.0 Å². The molecule has 0 bridgehead atoms. The van der Waals surface area contributed by atoms with Gasteiger partial charge in [-0.3, -0.25) is 9.59 Å². The minimum absolute atomic E-state index is 0.0229. The summed E-state index contributed by atoms with van der Waals surface area (Å²) >= 11 is 26.3. The molecule has 0 saturated heterocycles. The largest absolute Gasteiger partial charge is 0.495 e. The lowest BCUT2D eigenvalue weighted by atomic mass is 10.0. The number of carboxylic acids is 1. The van der Waals surface area contributed by atoms with Gasteiger partial charge in [0.15, 0.2) is 0 Å². The molecular weight excluding hydrogens is 966 g/mol. The van der Waals surface area contributed by atoms with Crippen LogP contribution in [0.1, 0.15) is 39.5 Å².